The molecule has 0 aliphatic carbocycles. The standard InChI is InChI=1S/C8H7BrO3/c1-4-7(11)5(3-10)2-6(9)8(4)12/h2-3,11-12H,1H3. The molecule has 0 unspecified atom stereocenters. The smallest absolute Gasteiger partial charge is 0.153 e. The van der Waals surface area contributed by atoms with Crippen LogP contribution in [0.4, 0.5) is 0 Å². The molecule has 0 fully saturated rings. The molecule has 0 atom stereocenters. The number of phenols is 2. The van der Waals surface area contributed by atoms with Crippen LogP contribution in [0.3, 0.4) is 0 Å². The molecule has 2 N–H and O–H groups in total. The lowest BCUT2D eigenvalue weighted by Crippen LogP contribution is -1.86. The number of phenolic OH excluding ortho intramolecular Hbond substituents is 2. The molecule has 0 saturated carbocycles. The second kappa shape index (κ2) is 3.15. The number of benzene rings is 1. The van der Waals surface area contributed by atoms with Gasteiger partial charge in [0.15, 0.2) is 6.29 Å². The van der Waals surface area contributed by atoms with E-state index in [4.69, 9.17) is 0 Å². The van der Waals surface area contributed by atoms with E-state index >= 15 is 0 Å². The Kier molecular flexibility index (Phi) is 2.38. The van der Waals surface area contributed by atoms with Crippen LogP contribution < -0.4 is 0 Å². The Morgan fingerprint density at radius 3 is 2.50 bits per heavy atom. The van der Waals surface area contributed by atoms with Crippen LogP contribution in [0.15, 0.2) is 10.5 Å². The Morgan fingerprint density at radius 1 is 1.42 bits per heavy atom. The molecule has 0 aromatic heterocycles. The molecule has 1 aromatic carbocycles. The molecule has 0 aliphatic rings. The summed E-state index contributed by atoms with van der Waals surface area (Å²) in [7, 11) is 0. The largest absolute Gasteiger partial charge is 0.507 e. The highest BCUT2D eigenvalue weighted by Crippen LogP contribution is 2.35. The van der Waals surface area contributed by atoms with Gasteiger partial charge in [-0.15, -0.1) is 0 Å². The number of carbonyl (C=O) groups excluding carboxylic acids is 1. The van der Waals surface area contributed by atoms with Gasteiger partial charge in [-0.05, 0) is 28.9 Å². The topological polar surface area (TPSA) is 57.5 Å². The van der Waals surface area contributed by atoms with Gasteiger partial charge in [-0.1, -0.05) is 0 Å². The van der Waals surface area contributed by atoms with Crippen LogP contribution in [0.2, 0.25) is 0 Å². The molecule has 3 nitrogen and oxygen atoms in total. The van der Waals surface area contributed by atoms with Gasteiger partial charge in [0.1, 0.15) is 11.5 Å². The van der Waals surface area contributed by atoms with E-state index in [0.29, 0.717) is 16.3 Å². The van der Waals surface area contributed by atoms with Crippen LogP contribution in [0, 0.1) is 6.92 Å². The van der Waals surface area contributed by atoms with Crippen molar-refractivity contribution < 1.29 is 15.0 Å². The van der Waals surface area contributed by atoms with E-state index in [1.807, 2.05) is 0 Å². The highest BCUT2D eigenvalue weighted by molar-refractivity contribution is 9.10. The second-order valence-electron chi connectivity index (χ2n) is 2.39. The Hall–Kier alpha value is -1.03. The zero-order valence-electron chi connectivity index (χ0n) is 6.34. The summed E-state index contributed by atoms with van der Waals surface area (Å²) in [6, 6.07) is 1.37. The van der Waals surface area contributed by atoms with Gasteiger partial charge < -0.3 is 10.2 Å². The van der Waals surface area contributed by atoms with Crippen LogP contribution in [0.25, 0.3) is 0 Å². The van der Waals surface area contributed by atoms with Gasteiger partial charge in [0.2, 0.25) is 0 Å². The van der Waals surface area contributed by atoms with Gasteiger partial charge in [-0.2, -0.15) is 0 Å². The van der Waals surface area contributed by atoms with Gasteiger partial charge in [0.05, 0.1) is 10.0 Å². The third-order valence-electron chi connectivity index (χ3n) is 1.62. The second-order valence-corrected chi connectivity index (χ2v) is 3.24. The van der Waals surface area contributed by atoms with Crippen molar-refractivity contribution in [2.24, 2.45) is 0 Å². The van der Waals surface area contributed by atoms with Crippen LogP contribution in [0.5, 0.6) is 11.5 Å². The predicted octanol–water partition coefficient (Wildman–Crippen LogP) is 1.98. The van der Waals surface area contributed by atoms with Gasteiger partial charge in [0.25, 0.3) is 0 Å². The minimum atomic E-state index is -0.175. The molecule has 0 heterocycles. The third-order valence-corrected chi connectivity index (χ3v) is 2.22. The molecule has 1 aromatic rings. The molecule has 0 bridgehead atoms. The number of halogens is 1. The summed E-state index contributed by atoms with van der Waals surface area (Å²) in [5, 5.41) is 18.6. The van der Waals surface area contributed by atoms with E-state index in [0.717, 1.165) is 0 Å². The molecule has 0 spiro atoms. The van der Waals surface area contributed by atoms with Crippen LogP contribution in [-0.4, -0.2) is 16.5 Å². The van der Waals surface area contributed by atoms with E-state index in [-0.39, 0.29) is 17.1 Å². The van der Waals surface area contributed by atoms with Gasteiger partial charge in [0, 0.05) is 5.56 Å². The summed E-state index contributed by atoms with van der Waals surface area (Å²) in [5.41, 5.74) is 0.462. The van der Waals surface area contributed by atoms with E-state index in [1.54, 1.807) is 0 Å². The number of hydrogen-bond donors (Lipinski definition) is 2. The first-order valence-electron chi connectivity index (χ1n) is 3.24. The Balaban J connectivity index is 3.49. The van der Waals surface area contributed by atoms with E-state index in [9.17, 15) is 15.0 Å². The maximum atomic E-state index is 10.4. The minimum Gasteiger partial charge on any atom is -0.507 e. The lowest BCUT2D eigenvalue weighted by molar-refractivity contribution is 0.112. The Bertz CT molecular complexity index is 334. The number of aromatic hydroxyl groups is 2. The SMILES string of the molecule is Cc1c(O)c(Br)cc(C=O)c1O. The maximum Gasteiger partial charge on any atom is 0.153 e. The molecule has 0 amide bonds. The first kappa shape index (κ1) is 9.06. The molecule has 0 aliphatic heterocycles. The molecule has 64 valence electrons. The first-order chi connectivity index (χ1) is 5.57. The van der Waals surface area contributed by atoms with Crippen molar-refractivity contribution in [2.75, 3.05) is 0 Å². The van der Waals surface area contributed by atoms with Crippen molar-refractivity contribution in [1.29, 1.82) is 0 Å². The van der Waals surface area contributed by atoms with Crippen molar-refractivity contribution in [3.05, 3.63) is 21.7 Å². The van der Waals surface area contributed by atoms with Gasteiger partial charge >= 0.3 is 0 Å². The number of aldehydes is 1. The fraction of sp³-hybridized carbons (Fsp3) is 0.125. The minimum absolute atomic E-state index is 0.0434. The fourth-order valence-corrected chi connectivity index (χ4v) is 1.41. The normalized spacial score (nSPS) is 9.83. The summed E-state index contributed by atoms with van der Waals surface area (Å²) >= 11 is 3.05. The summed E-state index contributed by atoms with van der Waals surface area (Å²) in [6.07, 6.45) is 0.534. The highest BCUT2D eigenvalue weighted by Gasteiger charge is 2.11. The van der Waals surface area contributed by atoms with Crippen LogP contribution in [0.1, 0.15) is 15.9 Å². The van der Waals surface area contributed by atoms with Crippen molar-refractivity contribution in [1.82, 2.24) is 0 Å². The summed E-state index contributed by atoms with van der Waals surface area (Å²) in [6.45, 7) is 1.53. The Labute approximate surface area is 77.8 Å². The van der Waals surface area contributed by atoms with Crippen molar-refractivity contribution in [3.63, 3.8) is 0 Å². The first-order valence-corrected chi connectivity index (χ1v) is 4.03. The lowest BCUT2D eigenvalue weighted by Gasteiger charge is -2.05. The summed E-state index contributed by atoms with van der Waals surface area (Å²) < 4.78 is 0.403. The summed E-state index contributed by atoms with van der Waals surface area (Å²) in [5.74, 6) is -0.219. The van der Waals surface area contributed by atoms with Gasteiger partial charge in [-0.25, -0.2) is 0 Å². The maximum absolute atomic E-state index is 10.4. The zero-order chi connectivity index (χ0) is 9.30. The zero-order valence-corrected chi connectivity index (χ0v) is 7.92. The fourth-order valence-electron chi connectivity index (χ4n) is 0.871. The van der Waals surface area contributed by atoms with Crippen molar-refractivity contribution >= 4 is 22.2 Å². The van der Waals surface area contributed by atoms with Crippen LogP contribution in [-0.2, 0) is 0 Å². The van der Waals surface area contributed by atoms with E-state index in [2.05, 4.69) is 15.9 Å². The molecule has 12 heavy (non-hydrogen) atoms. The number of rotatable bonds is 1. The quantitative estimate of drug-likeness (QED) is 0.726. The Morgan fingerprint density at radius 2 is 2.00 bits per heavy atom. The van der Waals surface area contributed by atoms with Crippen molar-refractivity contribution in [3.8, 4) is 11.5 Å². The van der Waals surface area contributed by atoms with E-state index in [1.165, 1.54) is 13.0 Å². The molecular formula is C8H7BrO3. The number of hydrogen-bond acceptors (Lipinski definition) is 3. The molecular weight excluding hydrogens is 224 g/mol. The molecule has 0 saturated heterocycles. The van der Waals surface area contributed by atoms with Crippen LogP contribution >= 0.6 is 15.9 Å². The lowest BCUT2D eigenvalue weighted by atomic mass is 10.1. The molecule has 4 heteroatoms. The predicted molar refractivity (Wildman–Crippen MR) is 47.6 cm³/mol. The average molecular weight is 231 g/mol. The summed E-state index contributed by atoms with van der Waals surface area (Å²) in [4.78, 5) is 10.4. The average Bonchev–Trinajstić information content (AvgIpc) is 2.08. The van der Waals surface area contributed by atoms with Crippen molar-refractivity contribution in [2.45, 2.75) is 6.92 Å². The monoisotopic (exact) mass is 230 g/mol. The van der Waals surface area contributed by atoms with Gasteiger partial charge in [-0.3, -0.25) is 4.79 Å². The highest BCUT2D eigenvalue weighted by atomic mass is 79.9. The van der Waals surface area contributed by atoms with E-state index < -0.39 is 0 Å². The molecule has 0 radical (unpaired) electrons. The molecule has 1 rings (SSSR count). The third kappa shape index (κ3) is 1.30. The number of carbonyl (C=O) groups is 1.